The first-order chi connectivity index (χ1) is 14.5. The van der Waals surface area contributed by atoms with Gasteiger partial charge in [-0.3, -0.25) is 14.5 Å². The zero-order chi connectivity index (χ0) is 21.6. The lowest BCUT2D eigenvalue weighted by Gasteiger charge is -2.25. The second-order valence-electron chi connectivity index (χ2n) is 7.31. The zero-order valence-electron chi connectivity index (χ0n) is 17.3. The molecule has 1 saturated heterocycles. The van der Waals surface area contributed by atoms with Gasteiger partial charge < -0.3 is 15.4 Å². The number of benzene rings is 2. The van der Waals surface area contributed by atoms with E-state index in [1.54, 1.807) is 12.1 Å². The number of nitrogens with zero attached hydrogens (tertiary/aromatic N) is 1. The smallest absolute Gasteiger partial charge is 0.325 e. The van der Waals surface area contributed by atoms with Crippen molar-refractivity contribution in [3.8, 4) is 5.75 Å². The van der Waals surface area contributed by atoms with E-state index in [9.17, 15) is 14.4 Å². The van der Waals surface area contributed by atoms with Crippen LogP contribution >= 0.6 is 0 Å². The van der Waals surface area contributed by atoms with Crippen molar-refractivity contribution in [1.82, 2.24) is 15.5 Å². The first kappa shape index (κ1) is 21.4. The van der Waals surface area contributed by atoms with Crippen molar-refractivity contribution in [2.45, 2.75) is 32.2 Å². The number of hydrogen-bond donors (Lipinski definition) is 2. The Labute approximate surface area is 176 Å². The largest absolute Gasteiger partial charge is 0.494 e. The quantitative estimate of drug-likeness (QED) is 0.492. The maximum absolute atomic E-state index is 13.0. The molecule has 2 N–H and O–H groups in total. The van der Waals surface area contributed by atoms with Crippen molar-refractivity contribution in [1.29, 1.82) is 0 Å². The van der Waals surface area contributed by atoms with Gasteiger partial charge in [0.05, 0.1) is 6.61 Å². The number of imide groups is 1. The monoisotopic (exact) mass is 409 g/mol. The summed E-state index contributed by atoms with van der Waals surface area (Å²) in [6.45, 7) is 4.38. The molecule has 0 saturated carbocycles. The summed E-state index contributed by atoms with van der Waals surface area (Å²) in [5.74, 6) is 0.00521. The Morgan fingerprint density at radius 3 is 2.60 bits per heavy atom. The molecule has 7 heteroatoms. The summed E-state index contributed by atoms with van der Waals surface area (Å²) in [6.07, 6.45) is 1.01. The summed E-state index contributed by atoms with van der Waals surface area (Å²) >= 11 is 0. The fourth-order valence-corrected chi connectivity index (χ4v) is 3.53. The molecule has 4 amide bonds. The Morgan fingerprint density at radius 2 is 1.90 bits per heavy atom. The van der Waals surface area contributed by atoms with Crippen LogP contribution in [0.3, 0.4) is 0 Å². The van der Waals surface area contributed by atoms with Gasteiger partial charge in [0.1, 0.15) is 17.8 Å². The van der Waals surface area contributed by atoms with Crippen molar-refractivity contribution < 1.29 is 19.1 Å². The van der Waals surface area contributed by atoms with E-state index in [-0.39, 0.29) is 12.5 Å². The third kappa shape index (κ3) is 4.62. The lowest BCUT2D eigenvalue weighted by molar-refractivity contribution is -0.135. The molecule has 2 aromatic carbocycles. The molecule has 1 aliphatic rings. The van der Waals surface area contributed by atoms with E-state index in [0.29, 0.717) is 31.6 Å². The lowest BCUT2D eigenvalue weighted by atomic mass is 9.87. The van der Waals surface area contributed by atoms with E-state index in [4.69, 9.17) is 4.74 Å². The molecule has 1 heterocycles. The minimum atomic E-state index is -1.12. The van der Waals surface area contributed by atoms with Crippen LogP contribution < -0.4 is 15.4 Å². The number of amides is 4. The minimum Gasteiger partial charge on any atom is -0.494 e. The average molecular weight is 409 g/mol. The predicted molar refractivity (Wildman–Crippen MR) is 113 cm³/mol. The van der Waals surface area contributed by atoms with Crippen molar-refractivity contribution in [2.75, 3.05) is 19.7 Å². The summed E-state index contributed by atoms with van der Waals surface area (Å²) < 4.78 is 5.65. The van der Waals surface area contributed by atoms with Gasteiger partial charge in [0.2, 0.25) is 5.91 Å². The highest BCUT2D eigenvalue weighted by Crippen LogP contribution is 2.32. The number of aryl methyl sites for hydroxylation is 1. The van der Waals surface area contributed by atoms with Gasteiger partial charge in [-0.1, -0.05) is 49.4 Å². The number of urea groups is 1. The third-order valence-electron chi connectivity index (χ3n) is 5.18. The molecular weight excluding hydrogens is 382 g/mol. The minimum absolute atomic E-state index is 0.308. The Balaban J connectivity index is 1.49. The summed E-state index contributed by atoms with van der Waals surface area (Å²) in [7, 11) is 0. The van der Waals surface area contributed by atoms with Crippen LogP contribution in [0.25, 0.3) is 0 Å². The van der Waals surface area contributed by atoms with Gasteiger partial charge in [-0.2, -0.15) is 0 Å². The highest BCUT2D eigenvalue weighted by Gasteiger charge is 2.51. The molecule has 30 heavy (non-hydrogen) atoms. The standard InChI is InChI=1S/C23H27N3O4/c1-3-23(18-10-5-4-6-11-18)21(28)26(22(29)25-23)16-20(27)24-13-8-14-30-19-12-7-9-17(2)15-19/h4-7,9-12,15H,3,8,13-14,16H2,1-2H3,(H,24,27)(H,25,29). The Kier molecular flexibility index (Phi) is 6.72. The summed E-state index contributed by atoms with van der Waals surface area (Å²) in [5.41, 5.74) is 0.704. The highest BCUT2D eigenvalue weighted by atomic mass is 16.5. The molecule has 0 radical (unpaired) electrons. The molecule has 1 aliphatic heterocycles. The Bertz CT molecular complexity index is 916. The number of ether oxygens (including phenoxy) is 1. The molecule has 3 rings (SSSR count). The Hall–Kier alpha value is -3.35. The number of hydrogen-bond acceptors (Lipinski definition) is 4. The summed E-state index contributed by atoms with van der Waals surface area (Å²) in [5, 5.41) is 5.52. The molecule has 158 valence electrons. The van der Waals surface area contributed by atoms with Crippen LogP contribution in [0.15, 0.2) is 54.6 Å². The molecule has 2 aromatic rings. The number of carbonyl (C=O) groups excluding carboxylic acids is 3. The van der Waals surface area contributed by atoms with Crippen molar-refractivity contribution in [2.24, 2.45) is 0 Å². The van der Waals surface area contributed by atoms with Gasteiger partial charge in [0.25, 0.3) is 5.91 Å². The number of carbonyl (C=O) groups is 3. The molecular formula is C23H27N3O4. The third-order valence-corrected chi connectivity index (χ3v) is 5.18. The molecule has 0 aromatic heterocycles. The van der Waals surface area contributed by atoms with Crippen LogP contribution in [-0.2, 0) is 15.1 Å². The SMILES string of the molecule is CCC1(c2ccccc2)NC(=O)N(CC(=O)NCCCOc2cccc(C)c2)C1=O. The topological polar surface area (TPSA) is 87.7 Å². The molecule has 1 fully saturated rings. The van der Waals surface area contributed by atoms with Crippen LogP contribution in [0.4, 0.5) is 4.79 Å². The van der Waals surface area contributed by atoms with Crippen molar-refractivity contribution in [3.05, 3.63) is 65.7 Å². The van der Waals surface area contributed by atoms with Crippen molar-refractivity contribution in [3.63, 3.8) is 0 Å². The van der Waals surface area contributed by atoms with E-state index in [0.717, 1.165) is 16.2 Å². The van der Waals surface area contributed by atoms with Crippen LogP contribution in [0.5, 0.6) is 5.75 Å². The maximum Gasteiger partial charge on any atom is 0.325 e. The van der Waals surface area contributed by atoms with Crippen LogP contribution in [-0.4, -0.2) is 42.4 Å². The first-order valence-corrected chi connectivity index (χ1v) is 10.1. The summed E-state index contributed by atoms with van der Waals surface area (Å²) in [4.78, 5) is 38.7. The molecule has 1 unspecified atom stereocenters. The van der Waals surface area contributed by atoms with E-state index < -0.39 is 17.5 Å². The number of rotatable bonds is 9. The van der Waals surface area contributed by atoms with Gasteiger partial charge in [0, 0.05) is 6.54 Å². The average Bonchev–Trinajstić information content (AvgIpc) is 2.99. The second-order valence-corrected chi connectivity index (χ2v) is 7.31. The number of nitrogens with one attached hydrogen (secondary N) is 2. The van der Waals surface area contributed by atoms with E-state index in [1.807, 2.05) is 56.3 Å². The van der Waals surface area contributed by atoms with Gasteiger partial charge in [0.15, 0.2) is 0 Å². The Morgan fingerprint density at radius 1 is 1.13 bits per heavy atom. The summed E-state index contributed by atoms with van der Waals surface area (Å²) in [6, 6.07) is 16.3. The van der Waals surface area contributed by atoms with Gasteiger partial charge in [-0.25, -0.2) is 4.79 Å². The zero-order valence-corrected chi connectivity index (χ0v) is 17.3. The van der Waals surface area contributed by atoms with Crippen molar-refractivity contribution >= 4 is 17.8 Å². The van der Waals surface area contributed by atoms with Crippen LogP contribution in [0.2, 0.25) is 0 Å². The van der Waals surface area contributed by atoms with E-state index >= 15 is 0 Å². The molecule has 0 bridgehead atoms. The lowest BCUT2D eigenvalue weighted by Crippen LogP contribution is -2.45. The molecule has 0 spiro atoms. The normalized spacial score (nSPS) is 18.3. The first-order valence-electron chi connectivity index (χ1n) is 10.1. The van der Waals surface area contributed by atoms with Gasteiger partial charge in [-0.15, -0.1) is 0 Å². The predicted octanol–water partition coefficient (Wildman–Crippen LogP) is 2.74. The van der Waals surface area contributed by atoms with E-state index in [2.05, 4.69) is 10.6 Å². The second kappa shape index (κ2) is 9.43. The van der Waals surface area contributed by atoms with Crippen LogP contribution in [0.1, 0.15) is 30.9 Å². The van der Waals surface area contributed by atoms with Gasteiger partial charge >= 0.3 is 6.03 Å². The van der Waals surface area contributed by atoms with Crippen LogP contribution in [0, 0.1) is 6.92 Å². The fourth-order valence-electron chi connectivity index (χ4n) is 3.53. The van der Waals surface area contributed by atoms with Gasteiger partial charge in [-0.05, 0) is 43.0 Å². The molecule has 7 nitrogen and oxygen atoms in total. The fraction of sp³-hybridized carbons (Fsp3) is 0.348. The molecule has 0 aliphatic carbocycles. The molecule has 1 atom stereocenters. The highest BCUT2D eigenvalue weighted by molar-refractivity contribution is 6.09. The maximum atomic E-state index is 13.0. The van der Waals surface area contributed by atoms with E-state index in [1.165, 1.54) is 0 Å².